The van der Waals surface area contributed by atoms with Crippen molar-refractivity contribution in [3.05, 3.63) is 40.1 Å². The Balaban J connectivity index is 3.20. The van der Waals surface area contributed by atoms with Gasteiger partial charge in [0.15, 0.2) is 5.57 Å². The Morgan fingerprint density at radius 3 is 2.35 bits per heavy atom. The van der Waals surface area contributed by atoms with E-state index in [1.807, 2.05) is 13.0 Å². The quantitative estimate of drug-likeness (QED) is 0.808. The van der Waals surface area contributed by atoms with Gasteiger partial charge < -0.3 is 5.32 Å². The summed E-state index contributed by atoms with van der Waals surface area (Å²) in [5, 5.41) is 29.3. The van der Waals surface area contributed by atoms with Crippen LogP contribution in [0.1, 0.15) is 5.56 Å². The summed E-state index contributed by atoms with van der Waals surface area (Å²) in [6, 6.07) is 10.3. The number of anilines is 1. The standard InChI is InChI=1S/C12H7ClN4/c1-8-2-3-10(13)11(4-8)17-12(7-16)9(5-14)6-15/h2-4,17H,1H3. The molecule has 1 aromatic carbocycles. The minimum Gasteiger partial charge on any atom is -0.344 e. The first-order valence-corrected chi connectivity index (χ1v) is 4.98. The van der Waals surface area contributed by atoms with E-state index in [2.05, 4.69) is 5.32 Å². The molecule has 1 rings (SSSR count). The van der Waals surface area contributed by atoms with Crippen molar-refractivity contribution in [3.8, 4) is 18.2 Å². The second-order valence-electron chi connectivity index (χ2n) is 3.19. The zero-order valence-electron chi connectivity index (χ0n) is 8.95. The minimum absolute atomic E-state index is 0.109. The SMILES string of the molecule is Cc1ccc(Cl)c(NC(C#N)=C(C#N)C#N)c1. The maximum atomic E-state index is 8.86. The second-order valence-corrected chi connectivity index (χ2v) is 3.60. The third kappa shape index (κ3) is 2.98. The predicted octanol–water partition coefficient (Wildman–Crippen LogP) is 2.89. The summed E-state index contributed by atoms with van der Waals surface area (Å²) in [5.41, 5.74) is 1.06. The van der Waals surface area contributed by atoms with E-state index in [9.17, 15) is 0 Å². The van der Waals surface area contributed by atoms with Gasteiger partial charge in [0.2, 0.25) is 0 Å². The maximum Gasteiger partial charge on any atom is 0.163 e. The topological polar surface area (TPSA) is 83.4 Å². The third-order valence-electron chi connectivity index (χ3n) is 1.97. The van der Waals surface area contributed by atoms with Crippen molar-refractivity contribution in [2.24, 2.45) is 0 Å². The number of nitrogens with zero attached hydrogens (tertiary/aromatic N) is 3. The van der Waals surface area contributed by atoms with Crippen LogP contribution < -0.4 is 5.32 Å². The van der Waals surface area contributed by atoms with Crippen LogP contribution in [0.5, 0.6) is 0 Å². The van der Waals surface area contributed by atoms with Crippen LogP contribution in [0, 0.1) is 40.9 Å². The molecule has 0 aromatic heterocycles. The zero-order chi connectivity index (χ0) is 12.8. The summed E-state index contributed by atoms with van der Waals surface area (Å²) in [6.07, 6.45) is 0. The maximum absolute atomic E-state index is 8.86. The molecule has 0 amide bonds. The molecule has 0 bridgehead atoms. The number of rotatable bonds is 2. The number of hydrogen-bond donors (Lipinski definition) is 1. The van der Waals surface area contributed by atoms with Gasteiger partial charge >= 0.3 is 0 Å². The molecule has 0 saturated carbocycles. The lowest BCUT2D eigenvalue weighted by molar-refractivity contribution is 1.36. The molecule has 0 atom stereocenters. The summed E-state index contributed by atoms with van der Waals surface area (Å²) < 4.78 is 0. The molecule has 0 fully saturated rings. The number of allylic oxidation sites excluding steroid dienone is 2. The van der Waals surface area contributed by atoms with Crippen LogP contribution in [0.25, 0.3) is 0 Å². The number of nitrogens with one attached hydrogen (secondary N) is 1. The Hall–Kier alpha value is -2.48. The predicted molar refractivity (Wildman–Crippen MR) is 63.7 cm³/mol. The first-order valence-electron chi connectivity index (χ1n) is 4.60. The van der Waals surface area contributed by atoms with Gasteiger partial charge in [0, 0.05) is 0 Å². The van der Waals surface area contributed by atoms with Crippen molar-refractivity contribution >= 4 is 17.3 Å². The summed E-state index contributed by atoms with van der Waals surface area (Å²) in [5.74, 6) is 0. The second kappa shape index (κ2) is 5.56. The molecule has 0 unspecified atom stereocenters. The monoisotopic (exact) mass is 242 g/mol. The van der Waals surface area contributed by atoms with Crippen LogP contribution in [-0.4, -0.2) is 0 Å². The summed E-state index contributed by atoms with van der Waals surface area (Å²) in [6.45, 7) is 1.87. The first kappa shape index (κ1) is 12.6. The zero-order valence-corrected chi connectivity index (χ0v) is 9.71. The molecule has 0 spiro atoms. The van der Waals surface area contributed by atoms with E-state index >= 15 is 0 Å². The summed E-state index contributed by atoms with van der Waals surface area (Å²) >= 11 is 5.93. The molecular weight excluding hydrogens is 236 g/mol. The largest absolute Gasteiger partial charge is 0.344 e. The van der Waals surface area contributed by atoms with Crippen molar-refractivity contribution in [1.82, 2.24) is 0 Å². The highest BCUT2D eigenvalue weighted by atomic mass is 35.5. The van der Waals surface area contributed by atoms with Crippen molar-refractivity contribution in [1.29, 1.82) is 15.8 Å². The fourth-order valence-electron chi connectivity index (χ4n) is 1.15. The average molecular weight is 243 g/mol. The molecule has 17 heavy (non-hydrogen) atoms. The van der Waals surface area contributed by atoms with Crippen molar-refractivity contribution in [2.75, 3.05) is 5.32 Å². The number of hydrogen-bond acceptors (Lipinski definition) is 4. The van der Waals surface area contributed by atoms with E-state index in [4.69, 9.17) is 27.4 Å². The van der Waals surface area contributed by atoms with Crippen LogP contribution in [-0.2, 0) is 0 Å². The third-order valence-corrected chi connectivity index (χ3v) is 2.30. The number of halogens is 1. The van der Waals surface area contributed by atoms with Crippen LogP contribution >= 0.6 is 11.6 Å². The Morgan fingerprint density at radius 2 is 1.82 bits per heavy atom. The van der Waals surface area contributed by atoms with E-state index in [0.717, 1.165) is 5.56 Å². The van der Waals surface area contributed by atoms with E-state index < -0.39 is 0 Å². The molecule has 1 aromatic rings. The van der Waals surface area contributed by atoms with Crippen LogP contribution in [0.3, 0.4) is 0 Å². The molecule has 0 aliphatic carbocycles. The van der Waals surface area contributed by atoms with Gasteiger partial charge in [-0.15, -0.1) is 0 Å². The van der Waals surface area contributed by atoms with Gasteiger partial charge in [-0.25, -0.2) is 0 Å². The Labute approximate surface area is 104 Å². The molecule has 1 N–H and O–H groups in total. The normalized spacial score (nSPS) is 8.41. The lowest BCUT2D eigenvalue weighted by Gasteiger charge is -2.07. The first-order chi connectivity index (χ1) is 8.12. The minimum atomic E-state index is -0.273. The smallest absolute Gasteiger partial charge is 0.163 e. The van der Waals surface area contributed by atoms with Gasteiger partial charge in [-0.3, -0.25) is 0 Å². The average Bonchev–Trinajstić information content (AvgIpc) is 2.33. The fraction of sp³-hybridized carbons (Fsp3) is 0.0833. The van der Waals surface area contributed by atoms with Gasteiger partial charge in [-0.2, -0.15) is 15.8 Å². The Morgan fingerprint density at radius 1 is 1.18 bits per heavy atom. The van der Waals surface area contributed by atoms with Crippen LogP contribution in [0.4, 0.5) is 5.69 Å². The highest BCUT2D eigenvalue weighted by Crippen LogP contribution is 2.24. The van der Waals surface area contributed by atoms with Crippen LogP contribution in [0.15, 0.2) is 29.5 Å². The summed E-state index contributed by atoms with van der Waals surface area (Å²) in [4.78, 5) is 0. The molecule has 0 aliphatic rings. The number of nitriles is 3. The molecular formula is C12H7ClN4. The molecule has 4 nitrogen and oxygen atoms in total. The Bertz CT molecular complexity index is 580. The molecule has 0 saturated heterocycles. The van der Waals surface area contributed by atoms with Gasteiger partial charge in [-0.1, -0.05) is 17.7 Å². The van der Waals surface area contributed by atoms with E-state index in [0.29, 0.717) is 10.7 Å². The van der Waals surface area contributed by atoms with Gasteiger partial charge in [0.05, 0.1) is 10.7 Å². The van der Waals surface area contributed by atoms with E-state index in [1.54, 1.807) is 30.3 Å². The number of aryl methyl sites for hydroxylation is 1. The van der Waals surface area contributed by atoms with E-state index in [1.165, 1.54) is 0 Å². The molecule has 0 heterocycles. The van der Waals surface area contributed by atoms with E-state index in [-0.39, 0.29) is 11.3 Å². The Kier molecular flexibility index (Phi) is 4.12. The highest BCUT2D eigenvalue weighted by molar-refractivity contribution is 6.33. The van der Waals surface area contributed by atoms with Crippen molar-refractivity contribution in [3.63, 3.8) is 0 Å². The molecule has 5 heteroatoms. The van der Waals surface area contributed by atoms with Gasteiger partial charge in [-0.05, 0) is 24.6 Å². The highest BCUT2D eigenvalue weighted by Gasteiger charge is 2.08. The van der Waals surface area contributed by atoms with Gasteiger partial charge in [0.1, 0.15) is 23.9 Å². The van der Waals surface area contributed by atoms with Crippen LogP contribution in [0.2, 0.25) is 5.02 Å². The number of benzene rings is 1. The van der Waals surface area contributed by atoms with Gasteiger partial charge in [0.25, 0.3) is 0 Å². The molecule has 82 valence electrons. The lowest BCUT2D eigenvalue weighted by atomic mass is 10.2. The fourth-order valence-corrected chi connectivity index (χ4v) is 1.32. The molecule has 0 radical (unpaired) electrons. The summed E-state index contributed by atoms with van der Waals surface area (Å²) in [7, 11) is 0. The van der Waals surface area contributed by atoms with Crippen molar-refractivity contribution in [2.45, 2.75) is 6.92 Å². The molecule has 0 aliphatic heterocycles. The van der Waals surface area contributed by atoms with Crippen molar-refractivity contribution < 1.29 is 0 Å². The lowest BCUT2D eigenvalue weighted by Crippen LogP contribution is -2.01.